The molecule has 0 amide bonds. The van der Waals surface area contributed by atoms with E-state index < -0.39 is 46.9 Å². The summed E-state index contributed by atoms with van der Waals surface area (Å²) in [7, 11) is 0. The van der Waals surface area contributed by atoms with Crippen LogP contribution in [0.15, 0.2) is 97.1 Å². The third-order valence-corrected chi connectivity index (χ3v) is 4.47. The number of para-hydroxylation sites is 4. The quantitative estimate of drug-likeness (QED) is 0.235. The molecule has 4 aromatic carbocycles. The van der Waals surface area contributed by atoms with Crippen LogP contribution >= 0.6 is 0 Å². The first-order chi connectivity index (χ1) is 18.9. The summed E-state index contributed by atoms with van der Waals surface area (Å²) in [5, 5.41) is 76.2. The molecule has 0 saturated carbocycles. The molecule has 214 valence electrons. The van der Waals surface area contributed by atoms with Crippen LogP contribution in [-0.2, 0) is 21.1 Å². The number of rotatable bonds is 4. The number of carboxylic acids is 4. The predicted octanol–water partition coefficient (Wildman–Crippen LogP) is 1.83. The van der Waals surface area contributed by atoms with Gasteiger partial charge in [0.1, 0.15) is 0 Å². The first-order valence-corrected chi connectivity index (χ1v) is 10.8. The summed E-state index contributed by atoms with van der Waals surface area (Å²) in [6.07, 6.45) is 0. The van der Waals surface area contributed by atoms with Crippen molar-refractivity contribution in [2.45, 2.75) is 0 Å². The Balaban J connectivity index is 0.000000516. The fourth-order valence-corrected chi connectivity index (χ4v) is 2.57. The molecule has 0 aromatic heterocycles. The molecule has 0 radical (unpaired) electrons. The van der Waals surface area contributed by atoms with E-state index in [1.54, 1.807) is 0 Å². The zero-order chi connectivity index (χ0) is 30.2. The van der Waals surface area contributed by atoms with Crippen LogP contribution < -0.4 is 20.4 Å². The van der Waals surface area contributed by atoms with Crippen LogP contribution in [0.1, 0.15) is 41.4 Å². The SMILES string of the molecule is O=C(O)c1ccccc1[O-].O=C(O)c1ccccc1[O-].O=C(O)c1ccccc1[O-].O=C(O)c1ccccc1[O-].[W]. The van der Waals surface area contributed by atoms with Gasteiger partial charge in [0.2, 0.25) is 0 Å². The fourth-order valence-electron chi connectivity index (χ4n) is 2.57. The summed E-state index contributed by atoms with van der Waals surface area (Å²) in [4.78, 5) is 40.9. The Kier molecular flexibility index (Phi) is 15.7. The Morgan fingerprint density at radius 3 is 0.610 bits per heavy atom. The Hall–Kier alpha value is -5.35. The first-order valence-electron chi connectivity index (χ1n) is 10.8. The van der Waals surface area contributed by atoms with E-state index in [2.05, 4.69) is 0 Å². The summed E-state index contributed by atoms with van der Waals surface area (Å²) in [5.74, 6) is -6.50. The van der Waals surface area contributed by atoms with Crippen LogP contribution in [0.25, 0.3) is 0 Å². The number of hydrogen-bond donors (Lipinski definition) is 4. The molecule has 0 unspecified atom stereocenters. The Morgan fingerprint density at radius 2 is 0.512 bits per heavy atom. The third-order valence-electron chi connectivity index (χ3n) is 4.47. The largest absolute Gasteiger partial charge is 0.872 e. The zero-order valence-electron chi connectivity index (χ0n) is 20.7. The first kappa shape index (κ1) is 35.6. The molecule has 0 aliphatic heterocycles. The normalized spacial score (nSPS) is 8.98. The van der Waals surface area contributed by atoms with Crippen LogP contribution in [-0.4, -0.2) is 44.3 Å². The van der Waals surface area contributed by atoms with E-state index in [1.807, 2.05) is 0 Å². The minimum Gasteiger partial charge on any atom is -0.872 e. The summed E-state index contributed by atoms with van der Waals surface area (Å²) in [6.45, 7) is 0. The van der Waals surface area contributed by atoms with E-state index in [9.17, 15) is 39.6 Å². The van der Waals surface area contributed by atoms with Crippen molar-refractivity contribution in [1.29, 1.82) is 0 Å². The van der Waals surface area contributed by atoms with Gasteiger partial charge in [0.05, 0.1) is 22.3 Å². The number of carbonyl (C=O) groups is 4. The van der Waals surface area contributed by atoms with Crippen molar-refractivity contribution in [1.82, 2.24) is 0 Å². The van der Waals surface area contributed by atoms with Crippen molar-refractivity contribution >= 4 is 23.9 Å². The Labute approximate surface area is 246 Å². The summed E-state index contributed by atoms with van der Waals surface area (Å²) >= 11 is 0. The molecule has 0 bridgehead atoms. The van der Waals surface area contributed by atoms with Crippen LogP contribution in [0.3, 0.4) is 0 Å². The predicted molar refractivity (Wildman–Crippen MR) is 131 cm³/mol. The Bertz CT molecular complexity index is 1250. The van der Waals surface area contributed by atoms with Gasteiger partial charge in [-0.1, -0.05) is 95.8 Å². The smallest absolute Gasteiger partial charge is 0.335 e. The van der Waals surface area contributed by atoms with Crippen LogP contribution in [0.4, 0.5) is 0 Å². The summed E-state index contributed by atoms with van der Waals surface area (Å²) in [5.41, 5.74) is -0.713. The number of hydrogen-bond acceptors (Lipinski definition) is 8. The van der Waals surface area contributed by atoms with Crippen LogP contribution in [0.2, 0.25) is 0 Å². The molecule has 41 heavy (non-hydrogen) atoms. The van der Waals surface area contributed by atoms with Crippen molar-refractivity contribution in [3.63, 3.8) is 0 Å². The summed E-state index contributed by atoms with van der Waals surface area (Å²) in [6, 6.07) is 22.1. The standard InChI is InChI=1S/4C7H6O3.W/c4*8-6-4-2-1-3-5(6)7(9)10;/h4*1-4,8H,(H,9,10);/p-4. The van der Waals surface area contributed by atoms with E-state index in [0.717, 1.165) is 0 Å². The third kappa shape index (κ3) is 12.4. The van der Waals surface area contributed by atoms with Crippen LogP contribution in [0.5, 0.6) is 23.0 Å². The molecule has 4 aromatic rings. The van der Waals surface area contributed by atoms with E-state index in [0.29, 0.717) is 0 Å². The van der Waals surface area contributed by atoms with Crippen molar-refractivity contribution in [2.75, 3.05) is 0 Å². The minimum atomic E-state index is -1.18. The molecular formula is C28H20O12W-4. The average Bonchev–Trinajstić information content (AvgIpc) is 2.90. The van der Waals surface area contributed by atoms with Crippen LogP contribution in [0, 0.1) is 0 Å². The minimum absolute atomic E-state index is 0. The molecule has 0 saturated heterocycles. The van der Waals surface area contributed by atoms with Gasteiger partial charge in [0, 0.05) is 21.1 Å². The molecule has 0 aliphatic carbocycles. The van der Waals surface area contributed by atoms with Gasteiger partial charge in [-0.2, -0.15) is 0 Å². The van der Waals surface area contributed by atoms with Crippen molar-refractivity contribution in [3.05, 3.63) is 119 Å². The summed E-state index contributed by atoms with van der Waals surface area (Å²) < 4.78 is 0. The fraction of sp³-hybridized carbons (Fsp3) is 0. The van der Waals surface area contributed by atoms with E-state index in [-0.39, 0.29) is 43.3 Å². The van der Waals surface area contributed by atoms with Crippen molar-refractivity contribution in [3.8, 4) is 23.0 Å². The monoisotopic (exact) mass is 732 g/mol. The number of carboxylic acid groups (broad SMARTS) is 4. The second-order valence-corrected chi connectivity index (χ2v) is 7.21. The van der Waals surface area contributed by atoms with Gasteiger partial charge in [-0.15, -0.1) is 0 Å². The molecule has 0 fully saturated rings. The molecule has 0 spiro atoms. The van der Waals surface area contributed by atoms with E-state index in [1.165, 1.54) is 97.1 Å². The van der Waals surface area contributed by atoms with Gasteiger partial charge in [0.15, 0.2) is 0 Å². The zero-order valence-corrected chi connectivity index (χ0v) is 23.6. The molecule has 4 N–H and O–H groups in total. The maximum atomic E-state index is 10.7. The topological polar surface area (TPSA) is 241 Å². The molecule has 12 nitrogen and oxygen atoms in total. The maximum absolute atomic E-state index is 10.7. The maximum Gasteiger partial charge on any atom is 0.335 e. The number of benzene rings is 4. The molecule has 13 heteroatoms. The van der Waals surface area contributed by atoms with Gasteiger partial charge < -0.3 is 40.9 Å². The molecular weight excluding hydrogens is 712 g/mol. The second-order valence-electron chi connectivity index (χ2n) is 7.21. The molecule has 4 rings (SSSR count). The molecule has 0 heterocycles. The number of aromatic carboxylic acids is 4. The van der Waals surface area contributed by atoms with Gasteiger partial charge in [0.25, 0.3) is 0 Å². The van der Waals surface area contributed by atoms with Crippen molar-refractivity contribution < 1.29 is 81.1 Å². The average molecular weight is 732 g/mol. The van der Waals surface area contributed by atoms with E-state index in [4.69, 9.17) is 20.4 Å². The van der Waals surface area contributed by atoms with Gasteiger partial charge in [-0.25, -0.2) is 19.2 Å². The van der Waals surface area contributed by atoms with Gasteiger partial charge in [-0.3, -0.25) is 0 Å². The van der Waals surface area contributed by atoms with E-state index >= 15 is 0 Å². The Morgan fingerprint density at radius 1 is 0.366 bits per heavy atom. The van der Waals surface area contributed by atoms with Crippen molar-refractivity contribution in [2.24, 2.45) is 0 Å². The second kappa shape index (κ2) is 18.0. The molecule has 0 atom stereocenters. The van der Waals surface area contributed by atoms with Gasteiger partial charge in [-0.05, 0) is 24.3 Å². The molecule has 0 aliphatic rings. The van der Waals surface area contributed by atoms with Gasteiger partial charge >= 0.3 is 23.9 Å².